The van der Waals surface area contributed by atoms with Gasteiger partial charge in [0.1, 0.15) is 0 Å². The maximum absolute atomic E-state index is 12.0. The molecule has 0 aliphatic carbocycles. The summed E-state index contributed by atoms with van der Waals surface area (Å²) in [6.45, 7) is 3.51. The highest BCUT2D eigenvalue weighted by atomic mass is 16.5. The van der Waals surface area contributed by atoms with Gasteiger partial charge in [-0.1, -0.05) is 12.1 Å². The molecule has 1 fully saturated rings. The number of methoxy groups -OCH3 is 1. The van der Waals surface area contributed by atoms with Crippen LogP contribution < -0.4 is 10.6 Å². The molecule has 1 amide bonds. The Bertz CT molecular complexity index is 791. The Balaban J connectivity index is 0.000000345. The van der Waals surface area contributed by atoms with Gasteiger partial charge < -0.3 is 24.7 Å². The molecule has 8 heteroatoms. The predicted octanol–water partition coefficient (Wildman–Crippen LogP) is 1.50. The van der Waals surface area contributed by atoms with Crippen LogP contribution >= 0.6 is 0 Å². The van der Waals surface area contributed by atoms with Crippen molar-refractivity contribution in [2.75, 3.05) is 47.4 Å². The van der Waals surface area contributed by atoms with E-state index in [1.54, 1.807) is 25.3 Å². The van der Waals surface area contributed by atoms with Crippen molar-refractivity contribution >= 4 is 5.91 Å². The molecule has 2 heterocycles. The minimum absolute atomic E-state index is 0.0410. The molecule has 1 unspecified atom stereocenters. The molecule has 0 radical (unpaired) electrons. The Kier molecular flexibility index (Phi) is 8.62. The molecule has 1 atom stereocenters. The van der Waals surface area contributed by atoms with Crippen LogP contribution in [0.15, 0.2) is 34.9 Å². The third kappa shape index (κ3) is 6.78. The zero-order valence-electron chi connectivity index (χ0n) is 16.6. The maximum Gasteiger partial charge on any atom is 0.307 e. The summed E-state index contributed by atoms with van der Waals surface area (Å²) < 4.78 is 10.3. The molecule has 0 spiro atoms. The first-order valence-electron chi connectivity index (χ1n) is 9.15. The first-order chi connectivity index (χ1) is 13.5. The van der Waals surface area contributed by atoms with Crippen molar-refractivity contribution in [1.29, 1.82) is 5.26 Å². The zero-order chi connectivity index (χ0) is 20.4. The quantitative estimate of drug-likeness (QED) is 0.777. The molecule has 1 aromatic heterocycles. The fourth-order valence-corrected chi connectivity index (χ4v) is 2.55. The first-order valence-corrected chi connectivity index (χ1v) is 9.15. The van der Waals surface area contributed by atoms with E-state index in [0.717, 1.165) is 38.2 Å². The lowest BCUT2D eigenvalue weighted by Crippen LogP contribution is -2.36. The van der Waals surface area contributed by atoms with Crippen LogP contribution in [0, 0.1) is 11.3 Å². The molecule has 2 aromatic rings. The number of likely N-dealkylation sites (N-methyl/N-ethyl adjacent to an activating group) is 1. The Labute approximate surface area is 165 Å². The van der Waals surface area contributed by atoms with Crippen LogP contribution in [-0.4, -0.2) is 69.3 Å². The van der Waals surface area contributed by atoms with Gasteiger partial charge in [-0.15, -0.1) is 0 Å². The summed E-state index contributed by atoms with van der Waals surface area (Å²) in [7, 11) is 5.77. The average Bonchev–Trinajstić information content (AvgIpc) is 3.39. The van der Waals surface area contributed by atoms with E-state index in [1.807, 2.05) is 20.2 Å². The number of hydrogen-bond acceptors (Lipinski definition) is 7. The highest BCUT2D eigenvalue weighted by molar-refractivity contribution is 5.90. The van der Waals surface area contributed by atoms with Gasteiger partial charge in [0, 0.05) is 31.8 Å². The topological polar surface area (TPSA) is 103 Å². The fraction of sp³-hybridized carbons (Fsp3) is 0.450. The minimum atomic E-state index is -0.314. The average molecular weight is 385 g/mol. The molecule has 150 valence electrons. The molecule has 0 bridgehead atoms. The molecule has 0 saturated carbocycles. The lowest BCUT2D eigenvalue weighted by atomic mass is 10.1. The zero-order valence-corrected chi connectivity index (χ0v) is 16.6. The summed E-state index contributed by atoms with van der Waals surface area (Å²) in [4.78, 5) is 18.1. The highest BCUT2D eigenvalue weighted by Gasteiger charge is 2.21. The second-order valence-electron chi connectivity index (χ2n) is 6.68. The number of oxazole rings is 1. The van der Waals surface area contributed by atoms with Crippen LogP contribution in [0.25, 0.3) is 11.3 Å². The molecule has 2 N–H and O–H groups in total. The second kappa shape index (κ2) is 11.2. The van der Waals surface area contributed by atoms with E-state index in [9.17, 15) is 4.79 Å². The normalized spacial score (nSPS) is 15.6. The fourth-order valence-electron chi connectivity index (χ4n) is 2.55. The van der Waals surface area contributed by atoms with Gasteiger partial charge in [-0.3, -0.25) is 4.79 Å². The van der Waals surface area contributed by atoms with E-state index in [-0.39, 0.29) is 17.8 Å². The van der Waals surface area contributed by atoms with Crippen LogP contribution in [0.2, 0.25) is 0 Å². The molecule has 8 nitrogen and oxygen atoms in total. The van der Waals surface area contributed by atoms with Crippen molar-refractivity contribution in [3.8, 4) is 17.4 Å². The smallest absolute Gasteiger partial charge is 0.307 e. The van der Waals surface area contributed by atoms with Gasteiger partial charge in [-0.2, -0.15) is 5.26 Å². The predicted molar refractivity (Wildman–Crippen MR) is 106 cm³/mol. The summed E-state index contributed by atoms with van der Waals surface area (Å²) >= 11 is 0. The highest BCUT2D eigenvalue weighted by Crippen LogP contribution is 2.21. The van der Waals surface area contributed by atoms with E-state index in [2.05, 4.69) is 26.6 Å². The Morgan fingerprint density at radius 2 is 2.32 bits per heavy atom. The largest absolute Gasteiger partial charge is 0.432 e. The summed E-state index contributed by atoms with van der Waals surface area (Å²) in [5.41, 5.74) is 1.26. The van der Waals surface area contributed by atoms with Gasteiger partial charge in [0.15, 0.2) is 5.76 Å². The van der Waals surface area contributed by atoms with Gasteiger partial charge >= 0.3 is 5.91 Å². The number of aromatic nitrogens is 1. The van der Waals surface area contributed by atoms with Crippen molar-refractivity contribution in [3.63, 3.8) is 0 Å². The van der Waals surface area contributed by atoms with Crippen molar-refractivity contribution in [3.05, 3.63) is 41.9 Å². The van der Waals surface area contributed by atoms with Gasteiger partial charge in [0.05, 0.1) is 24.4 Å². The van der Waals surface area contributed by atoms with Gasteiger partial charge in [-0.05, 0) is 39.2 Å². The Hall–Kier alpha value is -2.73. The van der Waals surface area contributed by atoms with Crippen LogP contribution in [0.4, 0.5) is 0 Å². The van der Waals surface area contributed by atoms with E-state index in [0.29, 0.717) is 11.3 Å². The first kappa shape index (κ1) is 21.6. The van der Waals surface area contributed by atoms with Crippen LogP contribution in [-0.2, 0) is 4.74 Å². The van der Waals surface area contributed by atoms with Crippen molar-refractivity contribution < 1.29 is 13.9 Å². The number of ether oxygens (including phenoxy) is 1. The van der Waals surface area contributed by atoms with E-state index in [1.165, 1.54) is 6.20 Å². The molecular formula is C20H27N5O3. The lowest BCUT2D eigenvalue weighted by molar-refractivity contribution is 0.0906. The number of benzene rings is 1. The van der Waals surface area contributed by atoms with Crippen molar-refractivity contribution in [1.82, 2.24) is 20.5 Å². The van der Waals surface area contributed by atoms with Gasteiger partial charge in [0.2, 0.25) is 0 Å². The standard InChI is InChI=1S/C15H14N4O2.C5H13NO/c16-7-10-2-1-3-11(6-10)13-9-18-15(21-13)14(20)19-12-4-5-17-8-12;1-6(2)4-5-7-3/h1-3,6,9,12,17H,4-5,8H2,(H,19,20);4-5H2,1-3H3. The number of rotatable bonds is 6. The molecule has 1 aliphatic rings. The SMILES string of the molecule is COCCN(C)C.N#Cc1cccc(-c2cnc(C(=O)NC3CCNC3)o2)c1. The summed E-state index contributed by atoms with van der Waals surface area (Å²) in [5.74, 6) is 0.201. The van der Waals surface area contributed by atoms with Crippen LogP contribution in [0.1, 0.15) is 22.7 Å². The number of amides is 1. The Morgan fingerprint density at radius 3 is 2.93 bits per heavy atom. The third-order valence-corrected chi connectivity index (χ3v) is 4.11. The van der Waals surface area contributed by atoms with Crippen LogP contribution in [0.3, 0.4) is 0 Å². The maximum atomic E-state index is 12.0. The number of nitrogens with one attached hydrogen (secondary N) is 2. The van der Waals surface area contributed by atoms with E-state index >= 15 is 0 Å². The second-order valence-corrected chi connectivity index (χ2v) is 6.68. The number of carbonyl (C=O) groups excluding carboxylic acids is 1. The van der Waals surface area contributed by atoms with E-state index in [4.69, 9.17) is 14.4 Å². The van der Waals surface area contributed by atoms with Gasteiger partial charge in [0.25, 0.3) is 5.89 Å². The summed E-state index contributed by atoms with van der Waals surface area (Å²) in [5, 5.41) is 14.9. The number of nitriles is 1. The van der Waals surface area contributed by atoms with Crippen molar-refractivity contribution in [2.45, 2.75) is 12.5 Å². The monoisotopic (exact) mass is 385 g/mol. The third-order valence-electron chi connectivity index (χ3n) is 4.11. The number of nitrogens with zero attached hydrogens (tertiary/aromatic N) is 3. The molecule has 3 rings (SSSR count). The number of hydrogen-bond donors (Lipinski definition) is 2. The molecule has 1 aromatic carbocycles. The summed E-state index contributed by atoms with van der Waals surface area (Å²) in [6.07, 6.45) is 2.40. The Morgan fingerprint density at radius 1 is 1.50 bits per heavy atom. The molecule has 1 saturated heterocycles. The molecular weight excluding hydrogens is 358 g/mol. The molecule has 1 aliphatic heterocycles. The van der Waals surface area contributed by atoms with Crippen LogP contribution in [0.5, 0.6) is 0 Å². The minimum Gasteiger partial charge on any atom is -0.432 e. The summed E-state index contributed by atoms with van der Waals surface area (Å²) in [6, 6.07) is 9.17. The number of carbonyl (C=O) groups is 1. The van der Waals surface area contributed by atoms with Gasteiger partial charge in [-0.25, -0.2) is 4.98 Å². The lowest BCUT2D eigenvalue weighted by Gasteiger charge is -2.08. The van der Waals surface area contributed by atoms with Crippen molar-refractivity contribution in [2.24, 2.45) is 0 Å². The van der Waals surface area contributed by atoms with E-state index < -0.39 is 0 Å². The molecule has 28 heavy (non-hydrogen) atoms.